The quantitative estimate of drug-likeness (QED) is 0.699. The Morgan fingerprint density at radius 3 is 2.64 bits per heavy atom. The second-order valence-corrected chi connectivity index (χ2v) is 3.26. The van der Waals surface area contributed by atoms with Gasteiger partial charge in [0.2, 0.25) is 0 Å². The third-order valence-electron chi connectivity index (χ3n) is 1.99. The summed E-state index contributed by atoms with van der Waals surface area (Å²) in [5.41, 5.74) is 8.14. The number of carboxylic acid groups (broad SMARTS) is 1. The van der Waals surface area contributed by atoms with Crippen molar-refractivity contribution in [2.45, 2.75) is 13.8 Å². The Morgan fingerprint density at radius 1 is 1.43 bits per heavy atom. The van der Waals surface area contributed by atoms with Gasteiger partial charge >= 0.3 is 5.97 Å². The molecular weight excluding hydrogens is 178 g/mol. The topological polar surface area (TPSA) is 63.3 Å². The average molecular weight is 191 g/mol. The van der Waals surface area contributed by atoms with E-state index in [1.807, 2.05) is 32.0 Å². The lowest BCUT2D eigenvalue weighted by atomic mass is 10.0. The predicted octanol–water partition coefficient (Wildman–Crippen LogP) is 1.69. The molecule has 0 amide bonds. The maximum atomic E-state index is 10.5. The normalized spacial score (nSPS) is 11.4. The molecule has 0 aliphatic carbocycles. The Morgan fingerprint density at radius 2 is 2.07 bits per heavy atom. The molecule has 0 atom stereocenters. The minimum Gasteiger partial charge on any atom is -0.477 e. The number of benzene rings is 1. The second-order valence-electron chi connectivity index (χ2n) is 3.26. The van der Waals surface area contributed by atoms with Gasteiger partial charge in [-0.25, -0.2) is 4.79 Å². The lowest BCUT2D eigenvalue weighted by molar-refractivity contribution is -0.132. The fourth-order valence-electron chi connectivity index (χ4n) is 1.14. The fourth-order valence-corrected chi connectivity index (χ4v) is 1.14. The summed E-state index contributed by atoms with van der Waals surface area (Å²) >= 11 is 0. The number of carboxylic acids is 1. The molecule has 0 spiro atoms. The lowest BCUT2D eigenvalue weighted by Gasteiger charge is -2.02. The van der Waals surface area contributed by atoms with Crippen molar-refractivity contribution in [3.63, 3.8) is 0 Å². The molecule has 0 saturated heterocycles. The van der Waals surface area contributed by atoms with E-state index < -0.39 is 5.97 Å². The first-order valence-corrected chi connectivity index (χ1v) is 4.28. The van der Waals surface area contributed by atoms with Crippen LogP contribution in [0.25, 0.3) is 6.08 Å². The number of rotatable bonds is 2. The van der Waals surface area contributed by atoms with E-state index in [9.17, 15) is 4.79 Å². The minimum absolute atomic E-state index is 0.140. The number of aliphatic carboxylic acids is 1. The van der Waals surface area contributed by atoms with Crippen molar-refractivity contribution >= 4 is 12.0 Å². The second kappa shape index (κ2) is 3.96. The van der Waals surface area contributed by atoms with Crippen LogP contribution in [0.3, 0.4) is 0 Å². The van der Waals surface area contributed by atoms with Crippen LogP contribution in [0.4, 0.5) is 0 Å². The lowest BCUT2D eigenvalue weighted by Crippen LogP contribution is -2.09. The van der Waals surface area contributed by atoms with Crippen molar-refractivity contribution in [2.24, 2.45) is 5.73 Å². The highest BCUT2D eigenvalue weighted by Gasteiger charge is 2.02. The zero-order chi connectivity index (χ0) is 10.7. The summed E-state index contributed by atoms with van der Waals surface area (Å²) in [5, 5.41) is 8.61. The summed E-state index contributed by atoms with van der Waals surface area (Å²) in [5.74, 6) is -1.09. The van der Waals surface area contributed by atoms with Gasteiger partial charge in [0, 0.05) is 0 Å². The van der Waals surface area contributed by atoms with E-state index in [0.29, 0.717) is 0 Å². The Balaban J connectivity index is 3.13. The summed E-state index contributed by atoms with van der Waals surface area (Å²) in [4.78, 5) is 10.5. The molecular formula is C11H13NO2. The first-order chi connectivity index (χ1) is 6.50. The van der Waals surface area contributed by atoms with E-state index in [0.717, 1.165) is 16.7 Å². The van der Waals surface area contributed by atoms with Crippen molar-refractivity contribution in [3.05, 3.63) is 40.6 Å². The Hall–Kier alpha value is -1.77. The number of carbonyl (C=O) groups is 1. The van der Waals surface area contributed by atoms with Crippen molar-refractivity contribution in [2.75, 3.05) is 0 Å². The minimum atomic E-state index is -1.09. The van der Waals surface area contributed by atoms with Crippen molar-refractivity contribution < 1.29 is 9.90 Å². The molecule has 0 heterocycles. The smallest absolute Gasteiger partial charge is 0.351 e. The van der Waals surface area contributed by atoms with E-state index in [4.69, 9.17) is 10.8 Å². The first-order valence-electron chi connectivity index (χ1n) is 4.28. The zero-order valence-electron chi connectivity index (χ0n) is 8.24. The summed E-state index contributed by atoms with van der Waals surface area (Å²) < 4.78 is 0. The van der Waals surface area contributed by atoms with Crippen molar-refractivity contribution in [3.8, 4) is 0 Å². The molecule has 3 nitrogen and oxygen atoms in total. The molecule has 14 heavy (non-hydrogen) atoms. The first kappa shape index (κ1) is 10.3. The molecule has 3 heteroatoms. The molecule has 0 aromatic heterocycles. The summed E-state index contributed by atoms with van der Waals surface area (Å²) in [6.07, 6.45) is 1.48. The number of hydrogen-bond acceptors (Lipinski definition) is 2. The van der Waals surface area contributed by atoms with Gasteiger partial charge in [0.1, 0.15) is 5.70 Å². The van der Waals surface area contributed by atoms with Crippen LogP contribution in [0.5, 0.6) is 0 Å². The van der Waals surface area contributed by atoms with Crippen LogP contribution in [-0.4, -0.2) is 11.1 Å². The van der Waals surface area contributed by atoms with Gasteiger partial charge < -0.3 is 10.8 Å². The van der Waals surface area contributed by atoms with Gasteiger partial charge in [0.05, 0.1) is 0 Å². The van der Waals surface area contributed by atoms with Gasteiger partial charge in [-0.2, -0.15) is 0 Å². The van der Waals surface area contributed by atoms with Gasteiger partial charge in [-0.1, -0.05) is 23.8 Å². The number of nitrogens with two attached hydrogens (primary N) is 1. The Labute approximate surface area is 82.9 Å². The SMILES string of the molecule is Cc1ccc(C)c(/C=C(/N)C(=O)O)c1. The summed E-state index contributed by atoms with van der Waals surface area (Å²) in [6.45, 7) is 3.87. The third kappa shape index (κ3) is 2.36. The molecule has 1 aromatic rings. The maximum Gasteiger partial charge on any atom is 0.351 e. The summed E-state index contributed by atoms with van der Waals surface area (Å²) in [7, 11) is 0. The zero-order valence-corrected chi connectivity index (χ0v) is 8.24. The van der Waals surface area contributed by atoms with E-state index in [1.54, 1.807) is 0 Å². The van der Waals surface area contributed by atoms with E-state index in [2.05, 4.69) is 0 Å². The van der Waals surface area contributed by atoms with Crippen molar-refractivity contribution in [1.29, 1.82) is 0 Å². The highest BCUT2D eigenvalue weighted by molar-refractivity contribution is 5.91. The van der Waals surface area contributed by atoms with Crippen LogP contribution in [0, 0.1) is 13.8 Å². The molecule has 0 radical (unpaired) electrons. The Kier molecular flexibility index (Phi) is 2.92. The Bertz CT molecular complexity index is 394. The highest BCUT2D eigenvalue weighted by Crippen LogP contribution is 2.13. The highest BCUT2D eigenvalue weighted by atomic mass is 16.4. The van der Waals surface area contributed by atoms with E-state index in [1.165, 1.54) is 6.08 Å². The maximum absolute atomic E-state index is 10.5. The van der Waals surface area contributed by atoms with Crippen LogP contribution in [-0.2, 0) is 4.79 Å². The van der Waals surface area contributed by atoms with Gasteiger partial charge in [-0.3, -0.25) is 0 Å². The standard InChI is InChI=1S/C11H13NO2/c1-7-3-4-8(2)9(5-7)6-10(12)11(13)14/h3-6H,12H2,1-2H3,(H,13,14)/b10-6+. The van der Waals surface area contributed by atoms with Crippen LogP contribution in [0.1, 0.15) is 16.7 Å². The molecule has 0 saturated carbocycles. The summed E-state index contributed by atoms with van der Waals surface area (Å²) in [6, 6.07) is 5.82. The molecule has 0 aliphatic heterocycles. The molecule has 0 bridgehead atoms. The van der Waals surface area contributed by atoms with Crippen LogP contribution in [0.2, 0.25) is 0 Å². The fraction of sp³-hybridized carbons (Fsp3) is 0.182. The van der Waals surface area contributed by atoms with Gasteiger partial charge in [-0.05, 0) is 31.1 Å². The molecule has 1 aromatic carbocycles. The van der Waals surface area contributed by atoms with Crippen LogP contribution < -0.4 is 5.73 Å². The molecule has 0 unspecified atom stereocenters. The van der Waals surface area contributed by atoms with E-state index >= 15 is 0 Å². The molecule has 0 fully saturated rings. The van der Waals surface area contributed by atoms with Crippen LogP contribution >= 0.6 is 0 Å². The molecule has 3 N–H and O–H groups in total. The molecule has 74 valence electrons. The number of aryl methyl sites for hydroxylation is 2. The van der Waals surface area contributed by atoms with Gasteiger partial charge in [0.15, 0.2) is 0 Å². The molecule has 1 rings (SSSR count). The third-order valence-corrected chi connectivity index (χ3v) is 1.99. The average Bonchev–Trinajstić information content (AvgIpc) is 2.11. The van der Waals surface area contributed by atoms with Crippen molar-refractivity contribution in [1.82, 2.24) is 0 Å². The molecule has 0 aliphatic rings. The van der Waals surface area contributed by atoms with E-state index in [-0.39, 0.29) is 5.70 Å². The predicted molar refractivity (Wildman–Crippen MR) is 55.7 cm³/mol. The number of hydrogen-bond donors (Lipinski definition) is 2. The van der Waals surface area contributed by atoms with Gasteiger partial charge in [0.25, 0.3) is 0 Å². The van der Waals surface area contributed by atoms with Gasteiger partial charge in [-0.15, -0.1) is 0 Å². The monoisotopic (exact) mass is 191 g/mol. The van der Waals surface area contributed by atoms with Crippen LogP contribution in [0.15, 0.2) is 23.9 Å². The largest absolute Gasteiger partial charge is 0.477 e.